The molecule has 0 bridgehead atoms. The fourth-order valence-corrected chi connectivity index (χ4v) is 2.26. The van der Waals surface area contributed by atoms with Crippen LogP contribution in [0.15, 0.2) is 22.9 Å². The highest BCUT2D eigenvalue weighted by atomic mass is 79.9. The molecule has 0 saturated heterocycles. The van der Waals surface area contributed by atoms with Gasteiger partial charge in [0, 0.05) is 6.20 Å². The zero-order chi connectivity index (χ0) is 19.7. The van der Waals surface area contributed by atoms with E-state index < -0.39 is 41.4 Å². The average Bonchev–Trinajstić information content (AvgIpc) is 2.83. The lowest BCUT2D eigenvalue weighted by molar-refractivity contribution is -0.138. The molecule has 2 heterocycles. The Kier molecular flexibility index (Phi) is 5.33. The number of amides is 1. The molecular formula is C14H10BrF4N5O2. The van der Waals surface area contributed by atoms with E-state index in [2.05, 4.69) is 31.3 Å². The zero-order valence-electron chi connectivity index (χ0n) is 13.0. The van der Waals surface area contributed by atoms with E-state index in [4.69, 9.17) is 5.26 Å². The van der Waals surface area contributed by atoms with Gasteiger partial charge in [-0.25, -0.2) is 4.98 Å². The molecule has 2 rings (SSSR count). The number of aliphatic hydroxyl groups is 1. The van der Waals surface area contributed by atoms with Gasteiger partial charge in [-0.05, 0) is 28.9 Å². The monoisotopic (exact) mass is 435 g/mol. The molecule has 0 saturated carbocycles. The molecule has 2 aromatic heterocycles. The van der Waals surface area contributed by atoms with Crippen LogP contribution in [0, 0.1) is 17.3 Å². The third kappa shape index (κ3) is 4.36. The quantitative estimate of drug-likeness (QED) is 0.717. The second-order valence-electron chi connectivity index (χ2n) is 5.42. The van der Waals surface area contributed by atoms with E-state index in [1.165, 1.54) is 12.3 Å². The summed E-state index contributed by atoms with van der Waals surface area (Å²) in [7, 11) is 0. The van der Waals surface area contributed by atoms with Gasteiger partial charge in [0.2, 0.25) is 5.95 Å². The molecule has 1 unspecified atom stereocenters. The number of nitrogens with zero attached hydrogens (tertiary/aromatic N) is 4. The smallest absolute Gasteiger partial charge is 0.378 e. The van der Waals surface area contributed by atoms with Gasteiger partial charge in [0.05, 0.1) is 28.5 Å². The topological polar surface area (TPSA) is 104 Å². The predicted molar refractivity (Wildman–Crippen MR) is 83.1 cm³/mol. The van der Waals surface area contributed by atoms with Crippen molar-refractivity contribution in [3.63, 3.8) is 0 Å². The normalized spacial score (nSPS) is 13.8. The van der Waals surface area contributed by atoms with Gasteiger partial charge in [-0.2, -0.15) is 22.8 Å². The minimum atomic E-state index is -4.85. The Labute approximate surface area is 152 Å². The van der Waals surface area contributed by atoms with Gasteiger partial charge >= 0.3 is 6.18 Å². The fourth-order valence-electron chi connectivity index (χ4n) is 1.95. The summed E-state index contributed by atoms with van der Waals surface area (Å²) in [6.45, 7) is 0.620. The third-order valence-corrected chi connectivity index (χ3v) is 3.72. The van der Waals surface area contributed by atoms with Crippen molar-refractivity contribution in [2.45, 2.75) is 25.2 Å². The lowest BCUT2D eigenvalue weighted by Gasteiger charge is -2.22. The van der Waals surface area contributed by atoms with E-state index in [0.717, 1.165) is 17.8 Å². The molecule has 0 aliphatic heterocycles. The molecule has 0 radical (unpaired) electrons. The summed E-state index contributed by atoms with van der Waals surface area (Å²) in [5.74, 6) is -1.92. The second kappa shape index (κ2) is 7.00. The minimum Gasteiger partial charge on any atom is -0.378 e. The summed E-state index contributed by atoms with van der Waals surface area (Å²) in [5, 5.41) is 24.4. The van der Waals surface area contributed by atoms with Crippen LogP contribution in [-0.2, 0) is 17.5 Å². The van der Waals surface area contributed by atoms with Crippen molar-refractivity contribution in [1.82, 2.24) is 14.8 Å². The van der Waals surface area contributed by atoms with E-state index in [1.807, 2.05) is 0 Å². The van der Waals surface area contributed by atoms with Crippen molar-refractivity contribution < 1.29 is 27.5 Å². The van der Waals surface area contributed by atoms with Crippen molar-refractivity contribution in [2.75, 3.05) is 5.32 Å². The first-order valence-corrected chi connectivity index (χ1v) is 7.63. The van der Waals surface area contributed by atoms with Crippen LogP contribution in [0.4, 0.5) is 23.2 Å². The zero-order valence-corrected chi connectivity index (χ0v) is 14.6. The van der Waals surface area contributed by atoms with E-state index in [9.17, 15) is 27.5 Å². The number of nitriles is 1. The van der Waals surface area contributed by atoms with E-state index >= 15 is 0 Å². The van der Waals surface area contributed by atoms with Crippen LogP contribution in [0.1, 0.15) is 18.2 Å². The highest BCUT2D eigenvalue weighted by Gasteiger charge is 2.36. The number of pyridine rings is 1. The van der Waals surface area contributed by atoms with E-state index in [-0.39, 0.29) is 10.2 Å². The first-order valence-electron chi connectivity index (χ1n) is 6.83. The fraction of sp³-hybridized carbons (Fsp3) is 0.286. The molecule has 1 atom stereocenters. The molecule has 0 aliphatic rings. The second-order valence-corrected chi connectivity index (χ2v) is 6.28. The third-order valence-electron chi connectivity index (χ3n) is 3.19. The maximum Gasteiger partial charge on any atom is 0.419 e. The Balaban J connectivity index is 2.22. The maximum atomic E-state index is 13.2. The van der Waals surface area contributed by atoms with Gasteiger partial charge < -0.3 is 10.4 Å². The number of anilines is 1. The number of halogens is 5. The molecular weight excluding hydrogens is 426 g/mol. The van der Waals surface area contributed by atoms with Crippen LogP contribution in [0.3, 0.4) is 0 Å². The number of hydrogen-bond donors (Lipinski definition) is 2. The highest BCUT2D eigenvalue weighted by molar-refractivity contribution is 9.10. The maximum absolute atomic E-state index is 13.2. The number of nitrogens with one attached hydrogen (secondary N) is 1. The minimum absolute atomic E-state index is 0.0137. The summed E-state index contributed by atoms with van der Waals surface area (Å²) in [5.41, 5.74) is -4.66. The van der Waals surface area contributed by atoms with Crippen LogP contribution in [0.2, 0.25) is 0 Å². The summed E-state index contributed by atoms with van der Waals surface area (Å²) in [4.78, 5) is 15.5. The SMILES string of the molecule is CC(O)(Cn1cc(Br)c(F)n1)C(=O)Nc1cnc(C#N)c(C(F)(F)F)c1. The number of rotatable bonds is 4. The summed E-state index contributed by atoms with van der Waals surface area (Å²) < 4.78 is 52.9. The van der Waals surface area contributed by atoms with Gasteiger partial charge in [0.15, 0.2) is 11.3 Å². The van der Waals surface area contributed by atoms with Crippen LogP contribution in [-0.4, -0.2) is 31.4 Å². The van der Waals surface area contributed by atoms with Gasteiger partial charge in [-0.3, -0.25) is 9.48 Å². The average molecular weight is 436 g/mol. The van der Waals surface area contributed by atoms with Crippen molar-refractivity contribution in [1.29, 1.82) is 5.26 Å². The van der Waals surface area contributed by atoms with Gasteiger partial charge in [0.1, 0.15) is 6.07 Å². The van der Waals surface area contributed by atoms with Crippen LogP contribution < -0.4 is 5.32 Å². The molecule has 0 spiro atoms. The van der Waals surface area contributed by atoms with E-state index in [1.54, 1.807) is 0 Å². The Hall–Kier alpha value is -2.52. The van der Waals surface area contributed by atoms with Crippen molar-refractivity contribution in [2.24, 2.45) is 0 Å². The first-order chi connectivity index (χ1) is 11.9. The molecule has 7 nitrogen and oxygen atoms in total. The Morgan fingerprint density at radius 2 is 2.15 bits per heavy atom. The number of hydrogen-bond acceptors (Lipinski definition) is 5. The molecule has 12 heteroatoms. The van der Waals surface area contributed by atoms with Crippen molar-refractivity contribution in [3.8, 4) is 6.07 Å². The van der Waals surface area contributed by atoms with Gasteiger partial charge in [-0.15, -0.1) is 5.10 Å². The summed E-state index contributed by atoms with van der Waals surface area (Å²) >= 11 is 2.87. The molecule has 0 aromatic carbocycles. The highest BCUT2D eigenvalue weighted by Crippen LogP contribution is 2.32. The number of carbonyl (C=O) groups is 1. The van der Waals surface area contributed by atoms with Crippen LogP contribution >= 0.6 is 15.9 Å². The van der Waals surface area contributed by atoms with E-state index in [0.29, 0.717) is 6.07 Å². The molecule has 0 aliphatic carbocycles. The molecule has 138 valence electrons. The largest absolute Gasteiger partial charge is 0.419 e. The van der Waals surface area contributed by atoms with Crippen LogP contribution in [0.5, 0.6) is 0 Å². The molecule has 1 amide bonds. The molecule has 0 fully saturated rings. The number of carbonyl (C=O) groups excluding carboxylic acids is 1. The number of aromatic nitrogens is 3. The molecule has 2 aromatic rings. The Bertz CT molecular complexity index is 869. The standard InChI is InChI=1S/C14H10BrF4N5O2/c1-13(26,6-24-5-9(15)11(16)23-24)12(25)22-7-2-8(14(17,18)19)10(3-20)21-4-7/h2,4-5,26H,6H2,1H3,(H,22,25). The Morgan fingerprint density at radius 1 is 1.50 bits per heavy atom. The van der Waals surface area contributed by atoms with Crippen LogP contribution in [0.25, 0.3) is 0 Å². The van der Waals surface area contributed by atoms with Crippen molar-refractivity contribution >= 4 is 27.5 Å². The molecule has 26 heavy (non-hydrogen) atoms. The lowest BCUT2D eigenvalue weighted by atomic mass is 10.1. The Morgan fingerprint density at radius 3 is 2.65 bits per heavy atom. The lowest BCUT2D eigenvalue weighted by Crippen LogP contribution is -2.44. The summed E-state index contributed by atoms with van der Waals surface area (Å²) in [6.07, 6.45) is -2.81. The number of alkyl halides is 3. The van der Waals surface area contributed by atoms with Gasteiger partial charge in [-0.1, -0.05) is 0 Å². The van der Waals surface area contributed by atoms with Gasteiger partial charge in [0.25, 0.3) is 5.91 Å². The predicted octanol–water partition coefficient (Wildman–Crippen LogP) is 2.46. The summed E-state index contributed by atoms with van der Waals surface area (Å²) in [6, 6.07) is 1.84. The molecule has 2 N–H and O–H groups in total. The first kappa shape index (κ1) is 19.8. The van der Waals surface area contributed by atoms with Crippen molar-refractivity contribution in [3.05, 3.63) is 40.1 Å².